The smallest absolute Gasteiger partial charge is 0.0422 e. The van der Waals surface area contributed by atoms with Gasteiger partial charge in [-0.3, -0.25) is 0 Å². The molecule has 0 aromatic heterocycles. The zero-order chi connectivity index (χ0) is 10.7. The summed E-state index contributed by atoms with van der Waals surface area (Å²) < 4.78 is 0. The fraction of sp³-hybridized carbons (Fsp3) is 0.455. The predicted molar refractivity (Wildman–Crippen MR) is 61.5 cm³/mol. The number of anilines is 1. The fourth-order valence-corrected chi connectivity index (χ4v) is 1.43. The third-order valence-corrected chi connectivity index (χ3v) is 2.43. The third kappa shape index (κ3) is 2.25. The number of nitrogens with two attached hydrogens (primary N) is 2. The van der Waals surface area contributed by atoms with Crippen LogP contribution in [-0.4, -0.2) is 20.6 Å². The number of aryl methyl sites for hydroxylation is 1. The maximum atomic E-state index is 5.92. The molecule has 14 heavy (non-hydrogen) atoms. The first-order valence-corrected chi connectivity index (χ1v) is 4.79. The molecular formula is C11H19N3. The monoisotopic (exact) mass is 193 g/mol. The molecule has 0 heterocycles. The van der Waals surface area contributed by atoms with Gasteiger partial charge in [0.05, 0.1) is 0 Å². The number of hydrogen-bond donors (Lipinski definition) is 2. The fourth-order valence-electron chi connectivity index (χ4n) is 1.43. The van der Waals surface area contributed by atoms with E-state index in [0.717, 1.165) is 11.3 Å². The van der Waals surface area contributed by atoms with Crippen LogP contribution < -0.4 is 16.4 Å². The molecule has 4 N–H and O–H groups in total. The molecule has 0 saturated heterocycles. The Hall–Kier alpha value is -1.06. The minimum absolute atomic E-state index is 0.0603. The largest absolute Gasteiger partial charge is 0.378 e. The van der Waals surface area contributed by atoms with Crippen molar-refractivity contribution in [3.8, 4) is 0 Å². The second-order valence-corrected chi connectivity index (χ2v) is 3.78. The van der Waals surface area contributed by atoms with Crippen LogP contribution in [0.3, 0.4) is 0 Å². The van der Waals surface area contributed by atoms with Crippen molar-refractivity contribution in [3.05, 3.63) is 29.3 Å². The van der Waals surface area contributed by atoms with Crippen LogP contribution in [-0.2, 0) is 0 Å². The topological polar surface area (TPSA) is 55.3 Å². The first-order valence-electron chi connectivity index (χ1n) is 4.79. The highest BCUT2D eigenvalue weighted by Crippen LogP contribution is 2.21. The third-order valence-electron chi connectivity index (χ3n) is 2.43. The molecule has 0 amide bonds. The summed E-state index contributed by atoms with van der Waals surface area (Å²) in [4.78, 5) is 2.06. The second kappa shape index (κ2) is 4.44. The highest BCUT2D eigenvalue weighted by molar-refractivity contribution is 5.50. The van der Waals surface area contributed by atoms with Crippen molar-refractivity contribution in [3.63, 3.8) is 0 Å². The minimum Gasteiger partial charge on any atom is -0.378 e. The van der Waals surface area contributed by atoms with Crippen LogP contribution in [0.1, 0.15) is 17.2 Å². The van der Waals surface area contributed by atoms with Gasteiger partial charge >= 0.3 is 0 Å². The summed E-state index contributed by atoms with van der Waals surface area (Å²) in [5.41, 5.74) is 15.0. The van der Waals surface area contributed by atoms with Gasteiger partial charge in [0.1, 0.15) is 0 Å². The first kappa shape index (κ1) is 11.0. The van der Waals surface area contributed by atoms with Crippen LogP contribution in [0.4, 0.5) is 5.69 Å². The van der Waals surface area contributed by atoms with Crippen molar-refractivity contribution < 1.29 is 0 Å². The first-order chi connectivity index (χ1) is 6.56. The molecule has 0 aliphatic rings. The van der Waals surface area contributed by atoms with E-state index >= 15 is 0 Å². The van der Waals surface area contributed by atoms with E-state index in [0.29, 0.717) is 6.54 Å². The van der Waals surface area contributed by atoms with Crippen molar-refractivity contribution >= 4 is 5.69 Å². The van der Waals surface area contributed by atoms with Crippen LogP contribution in [0.25, 0.3) is 0 Å². The lowest BCUT2D eigenvalue weighted by Crippen LogP contribution is -2.22. The predicted octanol–water partition coefficient (Wildman–Crippen LogP) is 1.02. The van der Waals surface area contributed by atoms with E-state index in [2.05, 4.69) is 30.0 Å². The number of rotatable bonds is 3. The quantitative estimate of drug-likeness (QED) is 0.753. The van der Waals surface area contributed by atoms with E-state index in [4.69, 9.17) is 11.5 Å². The Bertz CT molecular complexity index is 307. The van der Waals surface area contributed by atoms with Crippen LogP contribution in [0.15, 0.2) is 18.2 Å². The molecule has 1 aromatic carbocycles. The molecule has 1 aromatic rings. The van der Waals surface area contributed by atoms with Gasteiger partial charge in [-0.25, -0.2) is 0 Å². The number of benzene rings is 1. The molecule has 3 heteroatoms. The molecule has 3 nitrogen and oxygen atoms in total. The molecule has 0 aliphatic heterocycles. The molecule has 0 saturated carbocycles. The second-order valence-electron chi connectivity index (χ2n) is 3.78. The summed E-state index contributed by atoms with van der Waals surface area (Å²) in [5.74, 6) is 0. The van der Waals surface area contributed by atoms with E-state index in [1.165, 1.54) is 5.56 Å². The van der Waals surface area contributed by atoms with Crippen molar-refractivity contribution in [2.75, 3.05) is 25.5 Å². The molecule has 78 valence electrons. The minimum atomic E-state index is -0.0603. The van der Waals surface area contributed by atoms with E-state index in [-0.39, 0.29) is 6.04 Å². The van der Waals surface area contributed by atoms with E-state index in [1.807, 2.05) is 14.1 Å². The van der Waals surface area contributed by atoms with Crippen molar-refractivity contribution in [1.82, 2.24) is 0 Å². The van der Waals surface area contributed by atoms with Crippen molar-refractivity contribution in [2.45, 2.75) is 13.0 Å². The number of hydrogen-bond acceptors (Lipinski definition) is 3. The van der Waals surface area contributed by atoms with E-state index in [1.54, 1.807) is 0 Å². The molecule has 0 spiro atoms. The number of nitrogens with zero attached hydrogens (tertiary/aromatic N) is 1. The standard InChI is InChI=1S/C11H19N3/c1-8-4-5-9(14(2)3)6-10(8)11(13)7-12/h4-6,11H,7,12-13H2,1-3H3. The lowest BCUT2D eigenvalue weighted by Gasteiger charge is -2.18. The Kier molecular flexibility index (Phi) is 3.49. The molecule has 0 radical (unpaired) electrons. The Morgan fingerprint density at radius 2 is 2.00 bits per heavy atom. The van der Waals surface area contributed by atoms with Gasteiger partial charge in [0.25, 0.3) is 0 Å². The van der Waals surface area contributed by atoms with Crippen LogP contribution in [0, 0.1) is 6.92 Å². The highest BCUT2D eigenvalue weighted by atomic mass is 15.1. The zero-order valence-corrected chi connectivity index (χ0v) is 9.12. The molecule has 0 fully saturated rings. The summed E-state index contributed by atoms with van der Waals surface area (Å²) >= 11 is 0. The van der Waals surface area contributed by atoms with Crippen LogP contribution in [0.5, 0.6) is 0 Å². The van der Waals surface area contributed by atoms with Gasteiger partial charge in [0, 0.05) is 32.4 Å². The summed E-state index contributed by atoms with van der Waals surface area (Å²) in [6.45, 7) is 2.54. The zero-order valence-electron chi connectivity index (χ0n) is 9.12. The van der Waals surface area contributed by atoms with E-state index in [9.17, 15) is 0 Å². The molecule has 1 atom stereocenters. The molecule has 0 aliphatic carbocycles. The maximum absolute atomic E-state index is 5.92. The highest BCUT2D eigenvalue weighted by Gasteiger charge is 2.08. The average Bonchev–Trinajstić information content (AvgIpc) is 2.17. The lowest BCUT2D eigenvalue weighted by molar-refractivity contribution is 0.731. The maximum Gasteiger partial charge on any atom is 0.0422 e. The summed E-state index contributed by atoms with van der Waals surface area (Å²) in [7, 11) is 4.03. The molecular weight excluding hydrogens is 174 g/mol. The van der Waals surface area contributed by atoms with Gasteiger partial charge in [-0.1, -0.05) is 6.07 Å². The van der Waals surface area contributed by atoms with Crippen molar-refractivity contribution in [1.29, 1.82) is 0 Å². The lowest BCUT2D eigenvalue weighted by atomic mass is 10.0. The molecule has 0 bridgehead atoms. The SMILES string of the molecule is Cc1ccc(N(C)C)cc1C(N)CN. The average molecular weight is 193 g/mol. The normalized spacial score (nSPS) is 12.6. The van der Waals surface area contributed by atoms with Gasteiger partial charge in [-0.05, 0) is 30.2 Å². The van der Waals surface area contributed by atoms with Gasteiger partial charge in [0.2, 0.25) is 0 Å². The van der Waals surface area contributed by atoms with Gasteiger partial charge in [-0.15, -0.1) is 0 Å². The summed E-state index contributed by atoms with van der Waals surface area (Å²) in [6.07, 6.45) is 0. The summed E-state index contributed by atoms with van der Waals surface area (Å²) in [5, 5.41) is 0. The van der Waals surface area contributed by atoms with Crippen molar-refractivity contribution in [2.24, 2.45) is 11.5 Å². The Morgan fingerprint density at radius 1 is 1.36 bits per heavy atom. The van der Waals surface area contributed by atoms with Gasteiger partial charge < -0.3 is 16.4 Å². The Balaban J connectivity index is 3.08. The molecule has 1 rings (SSSR count). The van der Waals surface area contributed by atoms with Gasteiger partial charge in [-0.2, -0.15) is 0 Å². The van der Waals surface area contributed by atoms with Crippen LogP contribution in [0.2, 0.25) is 0 Å². The van der Waals surface area contributed by atoms with Crippen LogP contribution >= 0.6 is 0 Å². The van der Waals surface area contributed by atoms with Gasteiger partial charge in [0.15, 0.2) is 0 Å². The Labute approximate surface area is 85.7 Å². The molecule has 1 unspecified atom stereocenters. The summed E-state index contributed by atoms with van der Waals surface area (Å²) in [6, 6.07) is 6.21. The Morgan fingerprint density at radius 3 is 2.50 bits per heavy atom. The van der Waals surface area contributed by atoms with E-state index < -0.39 is 0 Å².